The molecule has 0 amide bonds. The summed E-state index contributed by atoms with van der Waals surface area (Å²) in [7, 11) is -5.52. The maximum Gasteiger partial charge on any atom is 0.523 e. The van der Waals surface area contributed by atoms with E-state index < -0.39 is 22.2 Å². The van der Waals surface area contributed by atoms with Crippen molar-refractivity contribution in [1.82, 2.24) is 4.98 Å². The molecule has 0 saturated heterocycles. The molecule has 9 heteroatoms. The number of aryl methyl sites for hydroxylation is 1. The van der Waals surface area contributed by atoms with Crippen LogP contribution >= 0.6 is 0 Å². The normalized spacial score (nSPS) is 12.4. The summed E-state index contributed by atoms with van der Waals surface area (Å²) in [5.74, 6) is 0. The maximum absolute atomic E-state index is 12.1. The van der Waals surface area contributed by atoms with Gasteiger partial charge in [-0.2, -0.15) is 26.9 Å². The van der Waals surface area contributed by atoms with Crippen LogP contribution in [0.1, 0.15) is 24.0 Å². The van der Waals surface area contributed by atoms with Crippen LogP contribution in [0.3, 0.4) is 0 Å². The number of fused-ring (bicyclic) bond motifs is 1. The molecule has 0 aliphatic heterocycles. The number of aromatic nitrogens is 1. The Kier molecular flexibility index (Phi) is 4.97. The molecule has 23 heavy (non-hydrogen) atoms. The van der Waals surface area contributed by atoms with Crippen molar-refractivity contribution in [1.29, 1.82) is 5.26 Å². The molecule has 0 aliphatic rings. The third-order valence-corrected chi connectivity index (χ3v) is 4.30. The van der Waals surface area contributed by atoms with Gasteiger partial charge in [0.1, 0.15) is 0 Å². The average Bonchev–Trinajstić information content (AvgIpc) is 2.88. The van der Waals surface area contributed by atoms with Crippen LogP contribution in [0.5, 0.6) is 0 Å². The summed E-state index contributed by atoms with van der Waals surface area (Å²) < 4.78 is 61.6. The van der Waals surface area contributed by atoms with Crippen LogP contribution in [0, 0.1) is 11.3 Å². The highest BCUT2D eigenvalue weighted by molar-refractivity contribution is 7.87. The zero-order valence-corrected chi connectivity index (χ0v) is 12.7. The summed E-state index contributed by atoms with van der Waals surface area (Å²) >= 11 is 0. The Balaban J connectivity index is 1.89. The van der Waals surface area contributed by atoms with Crippen LogP contribution in [-0.2, 0) is 20.7 Å². The Morgan fingerprint density at radius 2 is 2.00 bits per heavy atom. The standard InChI is InChI=1S/C14H13F3N2O3S/c15-14(16,17)23(20,21)22-6-2-1-3-11-9-19-13-5-4-10(8-18)7-12(11)13/h4-5,7,9,19H,1-3,6H2. The van der Waals surface area contributed by atoms with Gasteiger partial charge in [-0.3, -0.25) is 4.18 Å². The van der Waals surface area contributed by atoms with E-state index in [1.807, 2.05) is 6.07 Å². The number of unbranched alkanes of at least 4 members (excludes halogenated alkanes) is 1. The molecule has 0 saturated carbocycles. The summed E-state index contributed by atoms with van der Waals surface area (Å²) in [5.41, 5.74) is -3.11. The SMILES string of the molecule is N#Cc1ccc2[nH]cc(CCCCOS(=O)(=O)C(F)(F)F)c2c1. The van der Waals surface area contributed by atoms with Crippen molar-refractivity contribution in [3.05, 3.63) is 35.5 Å². The van der Waals surface area contributed by atoms with E-state index in [1.54, 1.807) is 24.4 Å². The smallest absolute Gasteiger partial charge is 0.361 e. The summed E-state index contributed by atoms with van der Waals surface area (Å²) in [5, 5.41) is 9.76. The lowest BCUT2D eigenvalue weighted by Crippen LogP contribution is -2.25. The molecule has 1 aromatic heterocycles. The molecule has 1 N–H and O–H groups in total. The number of alkyl halides is 3. The van der Waals surface area contributed by atoms with E-state index in [4.69, 9.17) is 5.26 Å². The highest BCUT2D eigenvalue weighted by Crippen LogP contribution is 2.25. The number of nitrogens with one attached hydrogen (secondary N) is 1. The second-order valence-corrected chi connectivity index (χ2v) is 6.47. The lowest BCUT2D eigenvalue weighted by molar-refractivity contribution is -0.0542. The fraction of sp³-hybridized carbons (Fsp3) is 0.357. The Labute approximate surface area is 130 Å². The van der Waals surface area contributed by atoms with Crippen molar-refractivity contribution in [2.45, 2.75) is 24.8 Å². The van der Waals surface area contributed by atoms with Gasteiger partial charge in [-0.25, -0.2) is 0 Å². The molecule has 1 aromatic carbocycles. The molecule has 0 atom stereocenters. The third-order valence-electron chi connectivity index (χ3n) is 3.26. The second-order valence-electron chi connectivity index (χ2n) is 4.87. The predicted octanol–water partition coefficient (Wildman–Crippen LogP) is 3.23. The van der Waals surface area contributed by atoms with E-state index in [2.05, 4.69) is 9.17 Å². The molecular formula is C14H13F3N2O3S. The Morgan fingerprint density at radius 1 is 1.26 bits per heavy atom. The van der Waals surface area contributed by atoms with Gasteiger partial charge in [0.2, 0.25) is 0 Å². The summed E-state index contributed by atoms with van der Waals surface area (Å²) in [4.78, 5) is 3.04. The van der Waals surface area contributed by atoms with Crippen molar-refractivity contribution in [2.75, 3.05) is 6.61 Å². The van der Waals surface area contributed by atoms with E-state index in [9.17, 15) is 21.6 Å². The van der Waals surface area contributed by atoms with Gasteiger partial charge in [0.05, 0.1) is 18.2 Å². The molecule has 0 aliphatic carbocycles. The highest BCUT2D eigenvalue weighted by atomic mass is 32.2. The van der Waals surface area contributed by atoms with Gasteiger partial charge in [-0.1, -0.05) is 0 Å². The van der Waals surface area contributed by atoms with Crippen molar-refractivity contribution in [3.63, 3.8) is 0 Å². The Hall–Kier alpha value is -2.05. The topological polar surface area (TPSA) is 82.9 Å². The molecule has 0 spiro atoms. The number of halogens is 3. The van der Waals surface area contributed by atoms with E-state index in [1.165, 1.54) is 0 Å². The van der Waals surface area contributed by atoms with Crippen LogP contribution in [0.25, 0.3) is 10.9 Å². The van der Waals surface area contributed by atoms with Gasteiger partial charge >= 0.3 is 15.6 Å². The number of hydrogen-bond acceptors (Lipinski definition) is 4. The van der Waals surface area contributed by atoms with Crippen LogP contribution in [0.15, 0.2) is 24.4 Å². The number of H-pyrrole nitrogens is 1. The molecule has 1 heterocycles. The largest absolute Gasteiger partial charge is 0.523 e. The minimum Gasteiger partial charge on any atom is -0.361 e. The van der Waals surface area contributed by atoms with Crippen molar-refractivity contribution in [2.24, 2.45) is 0 Å². The lowest BCUT2D eigenvalue weighted by Gasteiger charge is -2.07. The fourth-order valence-electron chi connectivity index (χ4n) is 2.11. The molecule has 124 valence electrons. The van der Waals surface area contributed by atoms with E-state index in [-0.39, 0.29) is 6.42 Å². The number of nitrogens with zero attached hydrogens (tertiary/aromatic N) is 1. The second kappa shape index (κ2) is 6.60. The number of rotatable bonds is 6. The first-order valence-electron chi connectivity index (χ1n) is 6.70. The lowest BCUT2D eigenvalue weighted by atomic mass is 10.1. The Bertz CT molecular complexity index is 835. The number of nitriles is 1. The third kappa shape index (κ3) is 4.03. The first-order chi connectivity index (χ1) is 10.7. The average molecular weight is 346 g/mol. The summed E-state index contributed by atoms with van der Waals surface area (Å²) in [6.45, 7) is -0.520. The number of benzene rings is 1. The quantitative estimate of drug-likeness (QED) is 0.494. The van der Waals surface area contributed by atoms with Crippen molar-refractivity contribution >= 4 is 21.0 Å². The first-order valence-corrected chi connectivity index (χ1v) is 8.11. The molecule has 2 aromatic rings. The zero-order valence-electron chi connectivity index (χ0n) is 11.9. The number of hydrogen-bond donors (Lipinski definition) is 1. The molecule has 2 rings (SSSR count). The van der Waals surface area contributed by atoms with Gasteiger partial charge < -0.3 is 4.98 Å². The minimum atomic E-state index is -5.52. The minimum absolute atomic E-state index is 0.167. The molecule has 0 unspecified atom stereocenters. The highest BCUT2D eigenvalue weighted by Gasteiger charge is 2.47. The zero-order chi connectivity index (χ0) is 17.1. The molecule has 0 fully saturated rings. The Morgan fingerprint density at radius 3 is 2.65 bits per heavy atom. The van der Waals surface area contributed by atoms with Crippen LogP contribution in [0.2, 0.25) is 0 Å². The summed E-state index contributed by atoms with van der Waals surface area (Å²) in [6.07, 6.45) is 2.92. The van der Waals surface area contributed by atoms with Crippen LogP contribution in [-0.4, -0.2) is 25.5 Å². The van der Waals surface area contributed by atoms with E-state index in [0.717, 1.165) is 16.5 Å². The maximum atomic E-state index is 12.1. The molecule has 0 bridgehead atoms. The number of aromatic amines is 1. The monoisotopic (exact) mass is 346 g/mol. The van der Waals surface area contributed by atoms with Crippen molar-refractivity contribution in [3.8, 4) is 6.07 Å². The summed E-state index contributed by atoms with van der Waals surface area (Å²) in [6, 6.07) is 7.22. The molecule has 5 nitrogen and oxygen atoms in total. The van der Waals surface area contributed by atoms with Gasteiger partial charge in [-0.05, 0) is 43.0 Å². The first kappa shape index (κ1) is 17.3. The van der Waals surface area contributed by atoms with Gasteiger partial charge in [-0.15, -0.1) is 0 Å². The van der Waals surface area contributed by atoms with Crippen LogP contribution < -0.4 is 0 Å². The predicted molar refractivity (Wildman–Crippen MR) is 76.9 cm³/mol. The fourth-order valence-corrected chi connectivity index (χ4v) is 2.58. The van der Waals surface area contributed by atoms with Crippen LogP contribution in [0.4, 0.5) is 13.2 Å². The molecule has 0 radical (unpaired) electrons. The van der Waals surface area contributed by atoms with E-state index in [0.29, 0.717) is 18.4 Å². The molecular weight excluding hydrogens is 333 g/mol. The van der Waals surface area contributed by atoms with Crippen molar-refractivity contribution < 1.29 is 25.8 Å². The van der Waals surface area contributed by atoms with Gasteiger partial charge in [0.25, 0.3) is 0 Å². The van der Waals surface area contributed by atoms with Gasteiger partial charge in [0.15, 0.2) is 0 Å². The van der Waals surface area contributed by atoms with Gasteiger partial charge in [0, 0.05) is 17.1 Å². The van der Waals surface area contributed by atoms with E-state index >= 15 is 0 Å².